The predicted octanol–water partition coefficient (Wildman–Crippen LogP) is 13.8. The Labute approximate surface area is 311 Å². The summed E-state index contributed by atoms with van der Waals surface area (Å²) in [7, 11) is 0. The predicted molar refractivity (Wildman–Crippen MR) is 224 cm³/mol. The molecule has 1 aliphatic rings. The van der Waals surface area contributed by atoms with E-state index in [1.807, 2.05) is 0 Å². The Morgan fingerprint density at radius 1 is 0.396 bits per heavy atom. The van der Waals surface area contributed by atoms with Gasteiger partial charge in [-0.05, 0) is 103 Å². The van der Waals surface area contributed by atoms with Gasteiger partial charge in [-0.15, -0.1) is 0 Å². The van der Waals surface area contributed by atoms with Crippen molar-refractivity contribution in [3.63, 3.8) is 0 Å². The number of hydrogen-bond acceptors (Lipinski definition) is 1. The molecule has 9 aromatic rings. The fourth-order valence-electron chi connectivity index (χ4n) is 8.95. The normalized spacial score (nSPS) is 12.8. The number of benzene rings is 9. The van der Waals surface area contributed by atoms with E-state index in [0.717, 1.165) is 17.1 Å². The highest BCUT2D eigenvalue weighted by molar-refractivity contribution is 6.06. The Hall–Kier alpha value is -6.70. The number of hydrogen-bond donors (Lipinski definition) is 0. The number of fused-ring (bicyclic) bond motifs is 5. The second kappa shape index (κ2) is 12.5. The molecule has 53 heavy (non-hydrogen) atoms. The molecule has 0 amide bonds. The molecule has 0 saturated carbocycles. The molecule has 1 aliphatic carbocycles. The van der Waals surface area contributed by atoms with Crippen LogP contribution in [-0.2, 0) is 5.41 Å². The summed E-state index contributed by atoms with van der Waals surface area (Å²) in [6.07, 6.45) is 0. The van der Waals surface area contributed by atoms with Crippen LogP contribution in [-0.4, -0.2) is 0 Å². The summed E-state index contributed by atoms with van der Waals surface area (Å²) in [5, 5.41) is 4.89. The Morgan fingerprint density at radius 2 is 0.981 bits per heavy atom. The zero-order valence-corrected chi connectivity index (χ0v) is 29.6. The molecule has 9 aromatic carbocycles. The molecule has 1 heteroatoms. The van der Waals surface area contributed by atoms with E-state index < -0.39 is 5.41 Å². The highest BCUT2D eigenvalue weighted by atomic mass is 15.1. The van der Waals surface area contributed by atoms with E-state index in [2.05, 4.69) is 218 Å². The van der Waals surface area contributed by atoms with Crippen LogP contribution >= 0.6 is 0 Å². The Kier molecular flexibility index (Phi) is 7.33. The molecule has 10 rings (SSSR count). The largest absolute Gasteiger partial charge is 0.310 e. The minimum atomic E-state index is -0.504. The Morgan fingerprint density at radius 3 is 1.72 bits per heavy atom. The molecule has 0 radical (unpaired) electrons. The highest BCUT2D eigenvalue weighted by Gasteiger charge is 2.46. The van der Waals surface area contributed by atoms with Crippen molar-refractivity contribution in [2.75, 3.05) is 4.90 Å². The van der Waals surface area contributed by atoms with Gasteiger partial charge < -0.3 is 4.90 Å². The summed E-state index contributed by atoms with van der Waals surface area (Å²) >= 11 is 0. The van der Waals surface area contributed by atoms with E-state index in [0.29, 0.717) is 0 Å². The van der Waals surface area contributed by atoms with Gasteiger partial charge in [-0.2, -0.15) is 0 Å². The molecule has 0 unspecified atom stereocenters. The van der Waals surface area contributed by atoms with Crippen LogP contribution in [0.2, 0.25) is 0 Å². The van der Waals surface area contributed by atoms with Gasteiger partial charge in [0.25, 0.3) is 0 Å². The molecule has 0 N–H and O–H groups in total. The average molecular weight is 676 g/mol. The molecule has 0 bridgehead atoms. The maximum atomic E-state index is 2.48. The van der Waals surface area contributed by atoms with Crippen molar-refractivity contribution in [2.45, 2.75) is 12.3 Å². The van der Waals surface area contributed by atoms with E-state index in [4.69, 9.17) is 0 Å². The molecular weight excluding hydrogens is 639 g/mol. The maximum absolute atomic E-state index is 2.48. The third-order valence-electron chi connectivity index (χ3n) is 11.2. The molecule has 0 aromatic heterocycles. The summed E-state index contributed by atoms with van der Waals surface area (Å²) in [4.78, 5) is 2.48. The first-order valence-corrected chi connectivity index (χ1v) is 18.4. The molecule has 250 valence electrons. The zero-order chi connectivity index (χ0) is 35.4. The lowest BCUT2D eigenvalue weighted by atomic mass is 9.67. The first-order chi connectivity index (χ1) is 26.2. The molecule has 0 heterocycles. The zero-order valence-electron chi connectivity index (χ0n) is 29.6. The SMILES string of the molecule is Cc1cccc2c1-c1ccc(N(c3ccc4ccccc4c3)c3ccc4ccccc4c3-c3ccccc3)cc1C2(c1ccccc1)c1ccccc1. The van der Waals surface area contributed by atoms with Crippen LogP contribution in [0.4, 0.5) is 17.1 Å². The maximum Gasteiger partial charge on any atom is 0.0714 e. The lowest BCUT2D eigenvalue weighted by molar-refractivity contribution is 0.768. The van der Waals surface area contributed by atoms with E-state index in [-0.39, 0.29) is 0 Å². The highest BCUT2D eigenvalue weighted by Crippen LogP contribution is 2.58. The van der Waals surface area contributed by atoms with Crippen molar-refractivity contribution >= 4 is 38.6 Å². The van der Waals surface area contributed by atoms with Crippen LogP contribution in [0.5, 0.6) is 0 Å². The minimum absolute atomic E-state index is 0.504. The van der Waals surface area contributed by atoms with Crippen molar-refractivity contribution in [2.24, 2.45) is 0 Å². The number of aryl methyl sites for hydroxylation is 1. The first-order valence-electron chi connectivity index (χ1n) is 18.4. The van der Waals surface area contributed by atoms with Gasteiger partial charge in [-0.25, -0.2) is 0 Å². The lowest BCUT2D eigenvalue weighted by Crippen LogP contribution is -2.28. The van der Waals surface area contributed by atoms with Crippen LogP contribution in [0.3, 0.4) is 0 Å². The molecular formula is C52H37N. The summed E-state index contributed by atoms with van der Waals surface area (Å²) in [5.41, 5.74) is 14.3. The van der Waals surface area contributed by atoms with Crippen molar-refractivity contribution in [3.8, 4) is 22.3 Å². The summed E-state index contributed by atoms with van der Waals surface area (Å²) in [6, 6.07) is 75.9. The van der Waals surface area contributed by atoms with Crippen molar-refractivity contribution in [1.29, 1.82) is 0 Å². The smallest absolute Gasteiger partial charge is 0.0714 e. The number of nitrogens with zero attached hydrogens (tertiary/aromatic N) is 1. The summed E-state index contributed by atoms with van der Waals surface area (Å²) < 4.78 is 0. The Bertz CT molecular complexity index is 2740. The molecule has 0 saturated heterocycles. The van der Waals surface area contributed by atoms with Gasteiger partial charge in [0.1, 0.15) is 0 Å². The second-order valence-corrected chi connectivity index (χ2v) is 14.1. The topological polar surface area (TPSA) is 3.24 Å². The number of anilines is 3. The molecule has 0 fully saturated rings. The van der Waals surface area contributed by atoms with E-state index in [1.54, 1.807) is 0 Å². The molecule has 0 aliphatic heterocycles. The lowest BCUT2D eigenvalue weighted by Gasteiger charge is -2.35. The quantitative estimate of drug-likeness (QED) is 0.170. The van der Waals surface area contributed by atoms with Gasteiger partial charge in [0, 0.05) is 16.9 Å². The third kappa shape index (κ3) is 4.85. The van der Waals surface area contributed by atoms with Gasteiger partial charge in [-0.1, -0.05) is 176 Å². The monoisotopic (exact) mass is 675 g/mol. The van der Waals surface area contributed by atoms with Crippen molar-refractivity contribution in [3.05, 3.63) is 234 Å². The molecule has 0 spiro atoms. The minimum Gasteiger partial charge on any atom is -0.310 e. The van der Waals surface area contributed by atoms with Gasteiger partial charge in [0.15, 0.2) is 0 Å². The van der Waals surface area contributed by atoms with Gasteiger partial charge >= 0.3 is 0 Å². The summed E-state index contributed by atoms with van der Waals surface area (Å²) in [6.45, 7) is 2.26. The van der Waals surface area contributed by atoms with E-state index >= 15 is 0 Å². The molecule has 1 nitrogen and oxygen atoms in total. The van der Waals surface area contributed by atoms with E-state index in [1.165, 1.54) is 71.6 Å². The third-order valence-corrected chi connectivity index (χ3v) is 11.2. The number of rotatable bonds is 6. The van der Waals surface area contributed by atoms with Crippen LogP contribution in [0.15, 0.2) is 206 Å². The van der Waals surface area contributed by atoms with Gasteiger partial charge in [0.05, 0.1) is 11.1 Å². The van der Waals surface area contributed by atoms with Gasteiger partial charge in [-0.3, -0.25) is 0 Å². The Balaban J connectivity index is 1.31. The molecule has 0 atom stereocenters. The van der Waals surface area contributed by atoms with Gasteiger partial charge in [0.2, 0.25) is 0 Å². The van der Waals surface area contributed by atoms with Crippen LogP contribution in [0.1, 0.15) is 27.8 Å². The average Bonchev–Trinajstić information content (AvgIpc) is 3.53. The summed E-state index contributed by atoms with van der Waals surface area (Å²) in [5.74, 6) is 0. The standard InChI is InChI=1S/C52H37N/c1-36-16-15-27-47-50(36)46-32-31-44(35-48(46)52(47,41-22-7-3-8-23-41)42-24-9-4-10-25-42)53(43-30-28-37-17-11-12-21-40(37)34-43)49-33-29-38-18-13-14-26-45(38)51(49)39-19-5-2-6-20-39/h2-35H,1H3. The van der Waals surface area contributed by atoms with Crippen LogP contribution < -0.4 is 4.90 Å². The van der Waals surface area contributed by atoms with E-state index in [9.17, 15) is 0 Å². The van der Waals surface area contributed by atoms with Crippen LogP contribution in [0.25, 0.3) is 43.8 Å². The van der Waals surface area contributed by atoms with Crippen molar-refractivity contribution < 1.29 is 0 Å². The fraction of sp³-hybridized carbons (Fsp3) is 0.0385. The van der Waals surface area contributed by atoms with Crippen molar-refractivity contribution in [1.82, 2.24) is 0 Å². The fourth-order valence-corrected chi connectivity index (χ4v) is 8.95. The first kappa shape index (κ1) is 31.1. The van der Waals surface area contributed by atoms with Crippen LogP contribution in [0, 0.1) is 6.92 Å². The second-order valence-electron chi connectivity index (χ2n) is 14.1.